The van der Waals surface area contributed by atoms with E-state index in [0.717, 1.165) is 31.6 Å². The van der Waals surface area contributed by atoms with Gasteiger partial charge in [-0.1, -0.05) is 23.2 Å². The van der Waals surface area contributed by atoms with Crippen molar-refractivity contribution in [3.8, 4) is 0 Å². The summed E-state index contributed by atoms with van der Waals surface area (Å²) in [6.07, 6.45) is -0.765. The van der Waals surface area contributed by atoms with Crippen molar-refractivity contribution in [2.45, 2.75) is 4.90 Å². The normalized spacial score (nSPS) is 12.5. The van der Waals surface area contributed by atoms with E-state index in [0.29, 0.717) is 10.8 Å². The minimum atomic E-state index is -4.50. The molecular weight excluding hydrogens is 408 g/mol. The fourth-order valence-electron chi connectivity index (χ4n) is 1.65. The molecule has 2 aromatic rings. The Morgan fingerprint density at radius 2 is 2.04 bits per heavy atom. The highest BCUT2D eigenvalue weighted by Crippen LogP contribution is 2.34. The standard InChI is InChI=1S/C11H8Cl2FN3O5S2/c1-16-9(15-10(18)22-2)5(14)4-17(11(16)19)24(20,21)6-3-7(12)23-8(6)13/h3-4H,1-2H3. The Bertz CT molecular complexity index is 1050. The van der Waals surface area contributed by atoms with Crippen molar-refractivity contribution in [1.82, 2.24) is 8.54 Å². The lowest BCUT2D eigenvalue weighted by molar-refractivity contribution is 0.181. The van der Waals surface area contributed by atoms with Crippen molar-refractivity contribution in [2.24, 2.45) is 12.0 Å². The number of carbonyl (C=O) groups is 1. The first-order valence-electron chi connectivity index (χ1n) is 5.91. The maximum Gasteiger partial charge on any atom is 0.435 e. The van der Waals surface area contributed by atoms with Crippen LogP contribution < -0.4 is 11.2 Å². The van der Waals surface area contributed by atoms with Crippen LogP contribution >= 0.6 is 34.5 Å². The molecule has 8 nitrogen and oxygen atoms in total. The van der Waals surface area contributed by atoms with Gasteiger partial charge in [0.2, 0.25) is 0 Å². The second-order valence-electron chi connectivity index (χ2n) is 4.21. The molecule has 24 heavy (non-hydrogen) atoms. The van der Waals surface area contributed by atoms with Gasteiger partial charge in [-0.2, -0.15) is 8.96 Å². The summed E-state index contributed by atoms with van der Waals surface area (Å²) < 4.78 is 44.0. The first kappa shape index (κ1) is 18.6. The van der Waals surface area contributed by atoms with Gasteiger partial charge < -0.3 is 4.74 Å². The summed E-state index contributed by atoms with van der Waals surface area (Å²) >= 11 is 12.3. The summed E-state index contributed by atoms with van der Waals surface area (Å²) in [6.45, 7) is 0. The van der Waals surface area contributed by atoms with E-state index in [2.05, 4.69) is 9.73 Å². The predicted octanol–water partition coefficient (Wildman–Crippen LogP) is 1.60. The maximum atomic E-state index is 14.1. The van der Waals surface area contributed by atoms with Crippen LogP contribution in [-0.4, -0.2) is 30.2 Å². The topological polar surface area (TPSA) is 99.7 Å². The molecule has 0 aliphatic carbocycles. The number of methoxy groups -OCH3 is 1. The van der Waals surface area contributed by atoms with Gasteiger partial charge in [0.15, 0.2) is 11.3 Å². The monoisotopic (exact) mass is 415 g/mol. The Hall–Kier alpha value is -1.69. The lowest BCUT2D eigenvalue weighted by atomic mass is 10.6. The quantitative estimate of drug-likeness (QED) is 0.741. The van der Waals surface area contributed by atoms with Crippen LogP contribution in [0.25, 0.3) is 0 Å². The van der Waals surface area contributed by atoms with Gasteiger partial charge in [0.1, 0.15) is 9.23 Å². The number of thiophene rings is 1. The number of ether oxygens (including phenoxy) is 1. The molecular formula is C11H8Cl2FN3O5S2. The summed E-state index contributed by atoms with van der Waals surface area (Å²) in [6, 6.07) is 1.04. The third-order valence-corrected chi connectivity index (χ3v) is 6.16. The molecule has 0 radical (unpaired) electrons. The number of nitrogens with zero attached hydrogens (tertiary/aromatic N) is 3. The van der Waals surface area contributed by atoms with Crippen LogP contribution in [-0.2, 0) is 21.8 Å². The van der Waals surface area contributed by atoms with E-state index in [1.54, 1.807) is 0 Å². The predicted molar refractivity (Wildman–Crippen MR) is 84.5 cm³/mol. The molecule has 0 fully saturated rings. The average Bonchev–Trinajstić information content (AvgIpc) is 2.86. The zero-order valence-corrected chi connectivity index (χ0v) is 15.1. The Balaban J connectivity index is 2.79. The van der Waals surface area contributed by atoms with Crippen molar-refractivity contribution >= 4 is 50.7 Å². The molecule has 0 aromatic carbocycles. The van der Waals surface area contributed by atoms with Crippen LogP contribution in [0.4, 0.5) is 9.18 Å². The molecule has 0 bridgehead atoms. The number of carbonyl (C=O) groups excluding carboxylic acids is 1. The van der Waals surface area contributed by atoms with Crippen LogP contribution in [0.1, 0.15) is 0 Å². The largest absolute Gasteiger partial charge is 0.451 e. The van der Waals surface area contributed by atoms with Crippen LogP contribution in [0.15, 0.2) is 26.9 Å². The van der Waals surface area contributed by atoms with E-state index in [1.165, 1.54) is 0 Å². The van der Waals surface area contributed by atoms with E-state index in [9.17, 15) is 22.4 Å². The molecule has 0 atom stereocenters. The summed E-state index contributed by atoms with van der Waals surface area (Å²) in [5, 5.41) is 0. The van der Waals surface area contributed by atoms with Crippen LogP contribution in [0.2, 0.25) is 8.67 Å². The average molecular weight is 416 g/mol. The van der Waals surface area contributed by atoms with Crippen molar-refractivity contribution in [1.29, 1.82) is 0 Å². The molecule has 0 N–H and O–H groups in total. The summed E-state index contributed by atoms with van der Waals surface area (Å²) in [5.74, 6) is -1.23. The van der Waals surface area contributed by atoms with Gasteiger partial charge in [-0.05, 0) is 6.07 Å². The summed E-state index contributed by atoms with van der Waals surface area (Å²) in [5.41, 5.74) is -1.86. The fraction of sp³-hybridized carbons (Fsp3) is 0.182. The third-order valence-electron chi connectivity index (χ3n) is 2.77. The zero-order valence-electron chi connectivity index (χ0n) is 12.0. The van der Waals surface area contributed by atoms with Crippen LogP contribution in [0.3, 0.4) is 0 Å². The SMILES string of the molecule is COC(=O)N=c1c(F)cn(S(=O)(=O)c2cc(Cl)sc2Cl)c(=O)n1C. The number of halogens is 3. The zero-order chi connectivity index (χ0) is 18.2. The van der Waals surface area contributed by atoms with Crippen molar-refractivity contribution in [2.75, 3.05) is 7.11 Å². The Morgan fingerprint density at radius 1 is 1.42 bits per heavy atom. The second kappa shape index (κ2) is 6.67. The lowest BCUT2D eigenvalue weighted by Gasteiger charge is -2.09. The van der Waals surface area contributed by atoms with Gasteiger partial charge in [0.05, 0.1) is 17.6 Å². The van der Waals surface area contributed by atoms with Gasteiger partial charge >= 0.3 is 11.8 Å². The van der Waals surface area contributed by atoms with Gasteiger partial charge in [-0.25, -0.2) is 22.4 Å². The minimum Gasteiger partial charge on any atom is -0.451 e. The van der Waals surface area contributed by atoms with E-state index in [4.69, 9.17) is 23.2 Å². The minimum absolute atomic E-state index is 0.0776. The Morgan fingerprint density at radius 3 is 2.54 bits per heavy atom. The van der Waals surface area contributed by atoms with Gasteiger partial charge in [0.25, 0.3) is 10.0 Å². The molecule has 0 spiro atoms. The fourth-order valence-corrected chi connectivity index (χ4v) is 5.04. The summed E-state index contributed by atoms with van der Waals surface area (Å²) in [7, 11) is -2.44. The molecule has 0 aliphatic heterocycles. The van der Waals surface area contributed by atoms with Crippen molar-refractivity contribution in [3.63, 3.8) is 0 Å². The van der Waals surface area contributed by atoms with Gasteiger partial charge in [0, 0.05) is 7.05 Å². The second-order valence-corrected chi connectivity index (χ2v) is 8.28. The van der Waals surface area contributed by atoms with Crippen LogP contribution in [0.5, 0.6) is 0 Å². The smallest absolute Gasteiger partial charge is 0.435 e. The number of rotatable bonds is 2. The molecule has 2 rings (SSSR count). The van der Waals surface area contributed by atoms with E-state index in [-0.39, 0.29) is 12.6 Å². The molecule has 0 unspecified atom stereocenters. The number of hydrogen-bond acceptors (Lipinski definition) is 6. The number of aromatic nitrogens is 2. The van der Waals surface area contributed by atoms with Gasteiger partial charge in [-0.3, -0.25) is 4.57 Å². The Labute approximate surface area is 148 Å². The van der Waals surface area contributed by atoms with Crippen LogP contribution in [0, 0.1) is 5.82 Å². The van der Waals surface area contributed by atoms with Crippen molar-refractivity contribution < 1.29 is 22.3 Å². The Kier molecular flexibility index (Phi) is 5.18. The highest BCUT2D eigenvalue weighted by molar-refractivity contribution is 7.90. The van der Waals surface area contributed by atoms with Crippen molar-refractivity contribution in [3.05, 3.63) is 42.7 Å². The first-order chi connectivity index (χ1) is 11.1. The summed E-state index contributed by atoms with van der Waals surface area (Å²) in [4.78, 5) is 26.1. The molecule has 130 valence electrons. The first-order valence-corrected chi connectivity index (χ1v) is 8.92. The maximum absolute atomic E-state index is 14.1. The number of hydrogen-bond donors (Lipinski definition) is 0. The molecule has 2 heterocycles. The van der Waals surface area contributed by atoms with E-state index in [1.807, 2.05) is 0 Å². The molecule has 2 aromatic heterocycles. The molecule has 1 amide bonds. The van der Waals surface area contributed by atoms with E-state index >= 15 is 0 Å². The van der Waals surface area contributed by atoms with Gasteiger partial charge in [-0.15, -0.1) is 11.3 Å². The third kappa shape index (κ3) is 3.24. The van der Waals surface area contributed by atoms with E-state index < -0.39 is 38.0 Å². The molecule has 13 heteroatoms. The molecule has 0 saturated heterocycles. The highest BCUT2D eigenvalue weighted by Gasteiger charge is 2.26. The number of amides is 1. The molecule has 0 saturated carbocycles. The lowest BCUT2D eigenvalue weighted by Crippen LogP contribution is -2.42. The molecule has 0 aliphatic rings. The highest BCUT2D eigenvalue weighted by atomic mass is 35.5.